The fourth-order valence-corrected chi connectivity index (χ4v) is 3.07. The zero-order valence-corrected chi connectivity index (χ0v) is 15.3. The first-order valence-electron chi connectivity index (χ1n) is 8.54. The Morgan fingerprint density at radius 3 is 2.43 bits per heavy atom. The van der Waals surface area contributed by atoms with Gasteiger partial charge < -0.3 is 9.84 Å². The first-order valence-corrected chi connectivity index (χ1v) is 8.54. The molecule has 0 bridgehead atoms. The van der Waals surface area contributed by atoms with Crippen molar-refractivity contribution in [3.05, 3.63) is 65.2 Å². The fraction of sp³-hybridized carbons (Fsp3) is 0.300. The average Bonchev–Trinajstić information content (AvgIpc) is 3.01. The van der Waals surface area contributed by atoms with Crippen LogP contribution in [0.1, 0.15) is 23.1 Å². The lowest BCUT2D eigenvalue weighted by Crippen LogP contribution is -2.57. The number of aryl methyl sites for hydroxylation is 1. The molecule has 8 heteroatoms. The monoisotopic (exact) mass is 392 g/mol. The van der Waals surface area contributed by atoms with Gasteiger partial charge in [-0.15, -0.1) is 0 Å². The maximum Gasteiger partial charge on any atom is 0.438 e. The molecule has 0 aliphatic carbocycles. The van der Waals surface area contributed by atoms with Crippen molar-refractivity contribution in [2.75, 3.05) is 7.11 Å². The summed E-state index contributed by atoms with van der Waals surface area (Å²) in [7, 11) is 1.48. The zero-order valence-electron chi connectivity index (χ0n) is 15.3. The van der Waals surface area contributed by atoms with Crippen LogP contribution < -0.4 is 4.74 Å². The highest BCUT2D eigenvalue weighted by Gasteiger charge is 2.63. The molecule has 1 amide bonds. The topological polar surface area (TPSA) is 62.1 Å². The Morgan fingerprint density at radius 2 is 1.86 bits per heavy atom. The van der Waals surface area contributed by atoms with E-state index in [0.29, 0.717) is 22.4 Å². The molecule has 1 unspecified atom stereocenters. The van der Waals surface area contributed by atoms with Crippen molar-refractivity contribution in [1.82, 2.24) is 5.01 Å². The summed E-state index contributed by atoms with van der Waals surface area (Å²) in [6, 6.07) is 13.1. The van der Waals surface area contributed by atoms with Gasteiger partial charge in [-0.05, 0) is 30.2 Å². The molecule has 2 aromatic carbocycles. The number of carbonyl (C=O) groups is 1. The average molecular weight is 392 g/mol. The van der Waals surface area contributed by atoms with Gasteiger partial charge in [0.25, 0.3) is 5.72 Å². The lowest BCUT2D eigenvalue weighted by atomic mass is 9.97. The molecule has 3 rings (SSSR count). The van der Waals surface area contributed by atoms with Crippen molar-refractivity contribution >= 4 is 11.6 Å². The molecule has 1 N–H and O–H groups in total. The van der Waals surface area contributed by atoms with E-state index in [4.69, 9.17) is 4.74 Å². The summed E-state index contributed by atoms with van der Waals surface area (Å²) in [4.78, 5) is 12.6. The number of amides is 1. The third kappa shape index (κ3) is 3.60. The maximum atomic E-state index is 13.6. The predicted octanol–water partition coefficient (Wildman–Crippen LogP) is 3.43. The van der Waals surface area contributed by atoms with Gasteiger partial charge in [0.15, 0.2) is 0 Å². The number of alkyl halides is 3. The fourth-order valence-electron chi connectivity index (χ4n) is 3.07. The van der Waals surface area contributed by atoms with Gasteiger partial charge in [0.1, 0.15) is 5.75 Å². The molecule has 1 heterocycles. The molecular formula is C20H19F3N2O3. The molecule has 28 heavy (non-hydrogen) atoms. The number of hydrazone groups is 1. The lowest BCUT2D eigenvalue weighted by molar-refractivity contribution is -0.302. The first-order chi connectivity index (χ1) is 13.2. The van der Waals surface area contributed by atoms with E-state index in [-0.39, 0.29) is 17.1 Å². The summed E-state index contributed by atoms with van der Waals surface area (Å²) in [5, 5.41) is 14.4. The van der Waals surface area contributed by atoms with Crippen molar-refractivity contribution in [3.8, 4) is 5.75 Å². The van der Waals surface area contributed by atoms with Crippen LogP contribution in [0.3, 0.4) is 0 Å². The molecule has 0 aromatic heterocycles. The number of carbonyl (C=O) groups excluding carboxylic acids is 1. The van der Waals surface area contributed by atoms with Crippen molar-refractivity contribution < 1.29 is 27.8 Å². The van der Waals surface area contributed by atoms with Gasteiger partial charge in [0.2, 0.25) is 5.91 Å². The van der Waals surface area contributed by atoms with Gasteiger partial charge in [0, 0.05) is 5.56 Å². The van der Waals surface area contributed by atoms with Gasteiger partial charge in [-0.1, -0.05) is 36.4 Å². The Bertz CT molecular complexity index is 910. The Kier molecular flexibility index (Phi) is 5.16. The van der Waals surface area contributed by atoms with E-state index in [1.165, 1.54) is 7.11 Å². The second-order valence-corrected chi connectivity index (χ2v) is 6.58. The van der Waals surface area contributed by atoms with Crippen LogP contribution in [0.15, 0.2) is 53.6 Å². The molecule has 1 atom stereocenters. The zero-order chi connectivity index (χ0) is 20.5. The molecule has 0 radical (unpaired) electrons. The Morgan fingerprint density at radius 1 is 1.21 bits per heavy atom. The van der Waals surface area contributed by atoms with Crippen LogP contribution in [0.5, 0.6) is 5.75 Å². The quantitative estimate of drug-likeness (QED) is 0.867. The van der Waals surface area contributed by atoms with E-state index >= 15 is 0 Å². The van der Waals surface area contributed by atoms with E-state index in [9.17, 15) is 23.1 Å². The summed E-state index contributed by atoms with van der Waals surface area (Å²) < 4.78 is 46.0. The number of rotatable bonds is 4. The summed E-state index contributed by atoms with van der Waals surface area (Å²) >= 11 is 0. The molecule has 0 fully saturated rings. The SMILES string of the molecule is COc1ccc(CC(=O)N2N=C(c3ccccc3C)CC2(O)C(F)(F)F)cc1. The summed E-state index contributed by atoms with van der Waals surface area (Å²) in [6.45, 7) is 1.73. The number of aliphatic hydroxyl groups is 1. The highest BCUT2D eigenvalue weighted by atomic mass is 19.4. The Labute approximate surface area is 160 Å². The molecule has 2 aromatic rings. The number of hydrogen-bond donors (Lipinski definition) is 1. The minimum absolute atomic E-state index is 0.0148. The van der Waals surface area contributed by atoms with Crippen LogP contribution in [0.2, 0.25) is 0 Å². The summed E-state index contributed by atoms with van der Waals surface area (Å²) in [5.74, 6) is -0.391. The van der Waals surface area contributed by atoms with Crippen molar-refractivity contribution in [2.45, 2.75) is 31.7 Å². The van der Waals surface area contributed by atoms with Crippen LogP contribution in [0.25, 0.3) is 0 Å². The van der Waals surface area contributed by atoms with Gasteiger partial charge in [0.05, 0.1) is 25.7 Å². The molecule has 0 spiro atoms. The number of ether oxygens (including phenoxy) is 1. The van der Waals surface area contributed by atoms with Crippen molar-refractivity contribution in [2.24, 2.45) is 5.10 Å². The summed E-state index contributed by atoms with van der Waals surface area (Å²) in [6.07, 6.45) is -6.22. The maximum absolute atomic E-state index is 13.6. The number of benzene rings is 2. The molecule has 5 nitrogen and oxygen atoms in total. The number of hydrogen-bond acceptors (Lipinski definition) is 4. The molecule has 1 aliphatic heterocycles. The van der Waals surface area contributed by atoms with E-state index < -0.39 is 24.2 Å². The van der Waals surface area contributed by atoms with Crippen molar-refractivity contribution in [1.29, 1.82) is 0 Å². The first kappa shape index (κ1) is 19.9. The smallest absolute Gasteiger partial charge is 0.438 e. The largest absolute Gasteiger partial charge is 0.497 e. The number of methoxy groups -OCH3 is 1. The lowest BCUT2D eigenvalue weighted by Gasteiger charge is -2.32. The van der Waals surface area contributed by atoms with Gasteiger partial charge in [-0.2, -0.15) is 23.3 Å². The third-order valence-corrected chi connectivity index (χ3v) is 4.65. The minimum Gasteiger partial charge on any atom is -0.497 e. The molecular weight excluding hydrogens is 373 g/mol. The highest BCUT2D eigenvalue weighted by Crippen LogP contribution is 2.41. The number of halogens is 3. The predicted molar refractivity (Wildman–Crippen MR) is 96.9 cm³/mol. The number of nitrogens with zero attached hydrogens (tertiary/aromatic N) is 2. The molecule has 0 saturated carbocycles. The molecule has 148 valence electrons. The van der Waals surface area contributed by atoms with E-state index in [2.05, 4.69) is 5.10 Å². The van der Waals surface area contributed by atoms with Crippen molar-refractivity contribution in [3.63, 3.8) is 0 Å². The highest BCUT2D eigenvalue weighted by molar-refractivity contribution is 6.04. The van der Waals surface area contributed by atoms with Crippen LogP contribution in [0, 0.1) is 6.92 Å². The third-order valence-electron chi connectivity index (χ3n) is 4.65. The van der Waals surface area contributed by atoms with Crippen LogP contribution in [-0.4, -0.2) is 40.7 Å². The molecule has 0 saturated heterocycles. The van der Waals surface area contributed by atoms with E-state index in [1.807, 2.05) is 0 Å². The second kappa shape index (κ2) is 7.27. The van der Waals surface area contributed by atoms with E-state index in [0.717, 1.165) is 0 Å². The normalized spacial score (nSPS) is 19.5. The van der Waals surface area contributed by atoms with Gasteiger partial charge >= 0.3 is 6.18 Å². The standard InChI is InChI=1S/C20H19F3N2O3/c1-13-5-3-4-6-16(13)17-12-19(27,20(21,22)23)25(24-17)18(26)11-14-7-9-15(28-2)10-8-14/h3-10,27H,11-12H2,1-2H3. The van der Waals surface area contributed by atoms with Crippen LogP contribution >= 0.6 is 0 Å². The van der Waals surface area contributed by atoms with Crippen LogP contribution in [0.4, 0.5) is 13.2 Å². The van der Waals surface area contributed by atoms with E-state index in [1.54, 1.807) is 55.5 Å². The Hall–Kier alpha value is -2.87. The minimum atomic E-state index is -5.06. The Balaban J connectivity index is 1.93. The second-order valence-electron chi connectivity index (χ2n) is 6.58. The van der Waals surface area contributed by atoms with Crippen LogP contribution in [-0.2, 0) is 11.2 Å². The molecule has 1 aliphatic rings. The van der Waals surface area contributed by atoms with Gasteiger partial charge in [-0.25, -0.2) is 0 Å². The van der Waals surface area contributed by atoms with Gasteiger partial charge in [-0.3, -0.25) is 4.79 Å². The summed E-state index contributed by atoms with van der Waals surface area (Å²) in [5.41, 5.74) is -1.72.